The molecular weight excluding hydrogens is 210 g/mol. The third kappa shape index (κ3) is 2.66. The predicted octanol–water partition coefficient (Wildman–Crippen LogP) is 2.16. The highest BCUT2D eigenvalue weighted by atomic mass is 32.1. The van der Waals surface area contributed by atoms with Crippen molar-refractivity contribution in [3.63, 3.8) is 0 Å². The van der Waals surface area contributed by atoms with Crippen molar-refractivity contribution >= 4 is 17.2 Å². The Balaban J connectivity index is 1.98. The zero-order valence-electron chi connectivity index (χ0n) is 8.30. The second-order valence-electron chi connectivity index (χ2n) is 2.89. The molecule has 2 aromatic heterocycles. The summed E-state index contributed by atoms with van der Waals surface area (Å²) >= 11 is 1.62. The van der Waals surface area contributed by atoms with E-state index in [9.17, 15) is 0 Å². The van der Waals surface area contributed by atoms with E-state index in [2.05, 4.69) is 15.3 Å². The minimum absolute atomic E-state index is 0.615. The van der Waals surface area contributed by atoms with Crippen LogP contribution in [0, 0.1) is 0 Å². The van der Waals surface area contributed by atoms with Crippen LogP contribution in [0.4, 0.5) is 5.82 Å². The van der Waals surface area contributed by atoms with Crippen molar-refractivity contribution in [2.45, 2.75) is 6.54 Å². The minimum atomic E-state index is 0.615. The number of ether oxygens (including phenoxy) is 1. The molecule has 2 rings (SSSR count). The van der Waals surface area contributed by atoms with Crippen molar-refractivity contribution in [3.05, 3.63) is 34.8 Å². The van der Waals surface area contributed by atoms with E-state index in [4.69, 9.17) is 4.74 Å². The van der Waals surface area contributed by atoms with Crippen molar-refractivity contribution in [2.24, 2.45) is 0 Å². The predicted molar refractivity (Wildman–Crippen MR) is 60.2 cm³/mol. The summed E-state index contributed by atoms with van der Waals surface area (Å²) in [5, 5.41) is 3.20. The second kappa shape index (κ2) is 4.75. The van der Waals surface area contributed by atoms with Crippen molar-refractivity contribution < 1.29 is 4.74 Å². The molecule has 5 heteroatoms. The molecule has 0 fully saturated rings. The molecule has 0 aliphatic carbocycles. The summed E-state index contributed by atoms with van der Waals surface area (Å²) in [4.78, 5) is 9.42. The molecule has 0 aliphatic rings. The molecule has 78 valence electrons. The summed E-state index contributed by atoms with van der Waals surface area (Å²) in [5.41, 5.74) is 1.82. The van der Waals surface area contributed by atoms with Crippen LogP contribution in [0.25, 0.3) is 0 Å². The van der Waals surface area contributed by atoms with E-state index in [0.29, 0.717) is 5.88 Å². The number of anilines is 1. The first-order chi connectivity index (χ1) is 7.38. The van der Waals surface area contributed by atoms with Crippen LogP contribution in [0.3, 0.4) is 0 Å². The van der Waals surface area contributed by atoms with E-state index in [1.54, 1.807) is 18.4 Å². The summed E-state index contributed by atoms with van der Waals surface area (Å²) in [6.45, 7) is 0.741. The van der Waals surface area contributed by atoms with E-state index in [-0.39, 0.29) is 0 Å². The Hall–Kier alpha value is -1.62. The topological polar surface area (TPSA) is 47.0 Å². The van der Waals surface area contributed by atoms with Gasteiger partial charge in [-0.2, -0.15) is 4.98 Å². The van der Waals surface area contributed by atoms with Gasteiger partial charge in [0.15, 0.2) is 0 Å². The molecule has 2 aromatic rings. The Bertz CT molecular complexity index is 416. The maximum absolute atomic E-state index is 5.03. The van der Waals surface area contributed by atoms with Gasteiger partial charge in [0, 0.05) is 17.1 Å². The highest BCUT2D eigenvalue weighted by Gasteiger charge is 1.98. The number of nitrogens with zero attached hydrogens (tertiary/aromatic N) is 2. The van der Waals surface area contributed by atoms with Crippen LogP contribution in [-0.2, 0) is 6.54 Å². The average Bonchev–Trinajstić information content (AvgIpc) is 2.79. The van der Waals surface area contributed by atoms with Gasteiger partial charge in [0.25, 0.3) is 0 Å². The lowest BCUT2D eigenvalue weighted by atomic mass is 10.4. The number of aromatic nitrogens is 2. The van der Waals surface area contributed by atoms with Crippen molar-refractivity contribution in [3.8, 4) is 5.88 Å². The van der Waals surface area contributed by atoms with Crippen molar-refractivity contribution in [2.75, 3.05) is 12.4 Å². The Kier molecular flexibility index (Phi) is 3.14. The first kappa shape index (κ1) is 9.92. The molecule has 0 radical (unpaired) electrons. The van der Waals surface area contributed by atoms with E-state index < -0.39 is 0 Å². The zero-order chi connectivity index (χ0) is 10.5. The molecule has 2 heterocycles. The lowest BCUT2D eigenvalue weighted by Gasteiger charge is -2.04. The quantitative estimate of drug-likeness (QED) is 0.859. The first-order valence-corrected chi connectivity index (χ1v) is 5.39. The van der Waals surface area contributed by atoms with E-state index in [1.807, 2.05) is 29.9 Å². The number of hydrogen-bond donors (Lipinski definition) is 1. The van der Waals surface area contributed by atoms with Gasteiger partial charge in [0.1, 0.15) is 5.82 Å². The lowest BCUT2D eigenvalue weighted by Crippen LogP contribution is -2.00. The monoisotopic (exact) mass is 221 g/mol. The van der Waals surface area contributed by atoms with Crippen LogP contribution in [0.5, 0.6) is 5.88 Å². The van der Waals surface area contributed by atoms with Gasteiger partial charge in [-0.05, 0) is 6.07 Å². The minimum Gasteiger partial charge on any atom is -0.481 e. The Morgan fingerprint density at radius 1 is 1.47 bits per heavy atom. The van der Waals surface area contributed by atoms with Gasteiger partial charge >= 0.3 is 0 Å². The summed E-state index contributed by atoms with van der Waals surface area (Å²) < 4.78 is 5.03. The smallest absolute Gasteiger partial charge is 0.214 e. The number of pyridine rings is 1. The van der Waals surface area contributed by atoms with Crippen molar-refractivity contribution in [1.82, 2.24) is 9.97 Å². The molecule has 0 bridgehead atoms. The van der Waals surface area contributed by atoms with Crippen LogP contribution in [0.2, 0.25) is 0 Å². The normalized spacial score (nSPS) is 9.93. The standard InChI is InChI=1S/C10H11N3OS/c1-14-10-4-2-3-9(13-10)12-6-8-5-11-7-15-8/h2-5,7H,6H2,1H3,(H,12,13). The molecule has 0 spiro atoms. The molecule has 1 N–H and O–H groups in total. The Morgan fingerprint density at radius 3 is 3.13 bits per heavy atom. The van der Waals surface area contributed by atoms with Crippen LogP contribution in [0.15, 0.2) is 29.9 Å². The number of thiazole rings is 1. The van der Waals surface area contributed by atoms with Gasteiger partial charge in [-0.1, -0.05) is 6.07 Å². The third-order valence-corrected chi connectivity index (χ3v) is 2.64. The van der Waals surface area contributed by atoms with Gasteiger partial charge in [0.2, 0.25) is 5.88 Å². The Morgan fingerprint density at radius 2 is 2.40 bits per heavy atom. The van der Waals surface area contributed by atoms with Gasteiger partial charge in [-0.15, -0.1) is 11.3 Å². The first-order valence-electron chi connectivity index (χ1n) is 4.51. The molecule has 15 heavy (non-hydrogen) atoms. The fourth-order valence-corrected chi connectivity index (χ4v) is 1.67. The molecule has 0 amide bonds. The molecule has 4 nitrogen and oxygen atoms in total. The third-order valence-electron chi connectivity index (χ3n) is 1.86. The molecular formula is C10H11N3OS. The summed E-state index contributed by atoms with van der Waals surface area (Å²) in [6, 6.07) is 5.63. The molecule has 0 saturated carbocycles. The fourth-order valence-electron chi connectivity index (χ4n) is 1.13. The number of methoxy groups -OCH3 is 1. The van der Waals surface area contributed by atoms with E-state index in [1.165, 1.54) is 4.88 Å². The van der Waals surface area contributed by atoms with Gasteiger partial charge < -0.3 is 10.1 Å². The fraction of sp³-hybridized carbons (Fsp3) is 0.200. The SMILES string of the molecule is COc1cccc(NCc2cncs2)n1. The molecule has 0 aliphatic heterocycles. The van der Waals surface area contributed by atoms with E-state index in [0.717, 1.165) is 12.4 Å². The summed E-state index contributed by atoms with van der Waals surface area (Å²) in [5.74, 6) is 1.42. The average molecular weight is 221 g/mol. The largest absolute Gasteiger partial charge is 0.481 e. The van der Waals surface area contributed by atoms with Gasteiger partial charge in [-0.3, -0.25) is 4.98 Å². The van der Waals surface area contributed by atoms with Gasteiger partial charge in [-0.25, -0.2) is 0 Å². The number of hydrogen-bond acceptors (Lipinski definition) is 5. The molecule has 0 saturated heterocycles. The molecule has 0 aromatic carbocycles. The summed E-state index contributed by atoms with van der Waals surface area (Å²) in [6.07, 6.45) is 1.85. The Labute approximate surface area is 92.0 Å². The lowest BCUT2D eigenvalue weighted by molar-refractivity contribution is 0.398. The maximum Gasteiger partial charge on any atom is 0.214 e. The van der Waals surface area contributed by atoms with E-state index >= 15 is 0 Å². The number of rotatable bonds is 4. The maximum atomic E-state index is 5.03. The zero-order valence-corrected chi connectivity index (χ0v) is 9.12. The van der Waals surface area contributed by atoms with Crippen molar-refractivity contribution in [1.29, 1.82) is 0 Å². The van der Waals surface area contributed by atoms with Crippen LogP contribution in [0.1, 0.15) is 4.88 Å². The van der Waals surface area contributed by atoms with Crippen LogP contribution >= 0.6 is 11.3 Å². The van der Waals surface area contributed by atoms with Gasteiger partial charge in [0.05, 0.1) is 19.2 Å². The van der Waals surface area contributed by atoms with Crippen LogP contribution in [-0.4, -0.2) is 17.1 Å². The van der Waals surface area contributed by atoms with Crippen LogP contribution < -0.4 is 10.1 Å². The highest BCUT2D eigenvalue weighted by Crippen LogP contribution is 2.13. The summed E-state index contributed by atoms with van der Waals surface area (Å²) in [7, 11) is 1.61. The molecule has 0 atom stereocenters. The highest BCUT2D eigenvalue weighted by molar-refractivity contribution is 7.09. The molecule has 0 unspecified atom stereocenters. The second-order valence-corrected chi connectivity index (χ2v) is 3.86. The number of nitrogens with one attached hydrogen (secondary N) is 1.